The molecule has 3 nitrogen and oxygen atoms in total. The third-order valence-corrected chi connectivity index (χ3v) is 4.06. The molecule has 1 unspecified atom stereocenters. The number of carbonyl (C=O) groups is 1. The van der Waals surface area contributed by atoms with Crippen molar-refractivity contribution in [3.05, 3.63) is 0 Å². The fraction of sp³-hybridized carbons (Fsp3) is 0.933. The van der Waals surface area contributed by atoms with Crippen LogP contribution in [0, 0.1) is 5.92 Å². The monoisotopic (exact) mass is 255 g/mol. The van der Waals surface area contributed by atoms with Crippen LogP contribution >= 0.6 is 0 Å². The Labute approximate surface area is 111 Å². The molecule has 0 aromatic carbocycles. The summed E-state index contributed by atoms with van der Waals surface area (Å²) < 4.78 is 0. The maximum Gasteiger partial charge on any atom is 0.320 e. The molecular weight excluding hydrogens is 226 g/mol. The van der Waals surface area contributed by atoms with E-state index in [2.05, 4.69) is 12.2 Å². The summed E-state index contributed by atoms with van der Waals surface area (Å²) in [6.45, 7) is 2.97. The van der Waals surface area contributed by atoms with Crippen LogP contribution in [0.15, 0.2) is 0 Å². The van der Waals surface area contributed by atoms with Gasteiger partial charge in [0.25, 0.3) is 0 Å². The number of hydrogen-bond donors (Lipinski definition) is 2. The Balaban J connectivity index is 2.18. The van der Waals surface area contributed by atoms with Crippen molar-refractivity contribution >= 4 is 5.97 Å². The van der Waals surface area contributed by atoms with E-state index in [0.717, 1.165) is 38.1 Å². The van der Waals surface area contributed by atoms with Gasteiger partial charge in [-0.15, -0.1) is 0 Å². The van der Waals surface area contributed by atoms with Crippen molar-refractivity contribution in [2.45, 2.75) is 77.2 Å². The predicted octanol–water partition coefficient (Wildman–Crippen LogP) is 3.58. The molecule has 0 bridgehead atoms. The number of hydrogen-bond acceptors (Lipinski definition) is 2. The largest absolute Gasteiger partial charge is 0.480 e. The van der Waals surface area contributed by atoms with Crippen LogP contribution in [0.3, 0.4) is 0 Å². The van der Waals surface area contributed by atoms with E-state index < -0.39 is 5.97 Å². The molecule has 0 heterocycles. The van der Waals surface area contributed by atoms with E-state index in [0.29, 0.717) is 0 Å². The van der Waals surface area contributed by atoms with Gasteiger partial charge in [0, 0.05) is 0 Å². The van der Waals surface area contributed by atoms with Crippen molar-refractivity contribution in [2.75, 3.05) is 6.54 Å². The summed E-state index contributed by atoms with van der Waals surface area (Å²) in [6.07, 6.45) is 12.2. The van der Waals surface area contributed by atoms with Crippen molar-refractivity contribution in [2.24, 2.45) is 5.92 Å². The second kappa shape index (κ2) is 9.37. The van der Waals surface area contributed by atoms with Crippen LogP contribution in [0.25, 0.3) is 0 Å². The molecule has 0 saturated heterocycles. The Kier molecular flexibility index (Phi) is 8.06. The van der Waals surface area contributed by atoms with Gasteiger partial charge in [0.15, 0.2) is 0 Å². The van der Waals surface area contributed by atoms with E-state index >= 15 is 0 Å². The van der Waals surface area contributed by atoms with Gasteiger partial charge < -0.3 is 10.4 Å². The number of aliphatic carboxylic acids is 1. The zero-order valence-corrected chi connectivity index (χ0v) is 11.8. The molecule has 1 aliphatic rings. The fourth-order valence-corrected chi connectivity index (χ4v) is 2.84. The molecule has 1 saturated carbocycles. The minimum atomic E-state index is -0.690. The molecule has 1 rings (SSSR count). The van der Waals surface area contributed by atoms with Crippen LogP contribution in [0.2, 0.25) is 0 Å². The van der Waals surface area contributed by atoms with Crippen molar-refractivity contribution in [1.82, 2.24) is 5.32 Å². The summed E-state index contributed by atoms with van der Waals surface area (Å²) in [7, 11) is 0. The molecule has 3 heteroatoms. The van der Waals surface area contributed by atoms with Crippen molar-refractivity contribution < 1.29 is 9.90 Å². The zero-order valence-electron chi connectivity index (χ0n) is 11.8. The van der Waals surface area contributed by atoms with E-state index in [9.17, 15) is 4.79 Å². The van der Waals surface area contributed by atoms with Crippen LogP contribution in [-0.2, 0) is 4.79 Å². The van der Waals surface area contributed by atoms with Gasteiger partial charge in [-0.1, -0.05) is 58.3 Å². The molecule has 1 aliphatic carbocycles. The molecule has 0 aromatic rings. The van der Waals surface area contributed by atoms with Crippen LogP contribution in [0.1, 0.15) is 71.1 Å². The molecular formula is C15H29NO2. The summed E-state index contributed by atoms with van der Waals surface area (Å²) in [5.41, 5.74) is 0. The van der Waals surface area contributed by atoms with Crippen LogP contribution in [0.4, 0.5) is 0 Å². The SMILES string of the molecule is CCCCC(NCCC1CCCCCC1)C(=O)O. The second-order valence-corrected chi connectivity index (χ2v) is 5.63. The van der Waals surface area contributed by atoms with Crippen molar-refractivity contribution in [1.29, 1.82) is 0 Å². The van der Waals surface area contributed by atoms with Gasteiger partial charge in [-0.05, 0) is 25.3 Å². The average molecular weight is 255 g/mol. The van der Waals surface area contributed by atoms with Gasteiger partial charge >= 0.3 is 5.97 Å². The first-order chi connectivity index (χ1) is 8.74. The zero-order chi connectivity index (χ0) is 13.2. The standard InChI is InChI=1S/C15H29NO2/c1-2-3-10-14(15(17)18)16-12-11-13-8-6-4-5-7-9-13/h13-14,16H,2-12H2,1H3,(H,17,18). The third-order valence-electron chi connectivity index (χ3n) is 4.06. The van der Waals surface area contributed by atoms with Gasteiger partial charge in [0.2, 0.25) is 0 Å². The summed E-state index contributed by atoms with van der Waals surface area (Å²) in [5.74, 6) is 0.130. The Hall–Kier alpha value is -0.570. The van der Waals surface area contributed by atoms with Crippen molar-refractivity contribution in [3.8, 4) is 0 Å². The minimum Gasteiger partial charge on any atom is -0.480 e. The first kappa shape index (κ1) is 15.5. The average Bonchev–Trinajstić information content (AvgIpc) is 2.61. The highest BCUT2D eigenvalue weighted by Crippen LogP contribution is 2.24. The lowest BCUT2D eigenvalue weighted by molar-refractivity contribution is -0.139. The highest BCUT2D eigenvalue weighted by molar-refractivity contribution is 5.73. The Morgan fingerprint density at radius 2 is 1.94 bits per heavy atom. The molecule has 0 aliphatic heterocycles. The molecule has 1 atom stereocenters. The highest BCUT2D eigenvalue weighted by atomic mass is 16.4. The summed E-state index contributed by atoms with van der Waals surface area (Å²) in [4.78, 5) is 11.1. The van der Waals surface area contributed by atoms with Gasteiger partial charge in [-0.25, -0.2) is 0 Å². The van der Waals surface area contributed by atoms with E-state index in [-0.39, 0.29) is 6.04 Å². The van der Waals surface area contributed by atoms with Gasteiger partial charge in [0.05, 0.1) is 0 Å². The van der Waals surface area contributed by atoms with E-state index in [1.807, 2.05) is 0 Å². The van der Waals surface area contributed by atoms with E-state index in [4.69, 9.17) is 5.11 Å². The number of carboxylic acids is 1. The molecule has 18 heavy (non-hydrogen) atoms. The minimum absolute atomic E-state index is 0.337. The first-order valence-corrected chi connectivity index (χ1v) is 7.70. The quantitative estimate of drug-likeness (QED) is 0.652. The lowest BCUT2D eigenvalue weighted by Gasteiger charge is -2.17. The summed E-state index contributed by atoms with van der Waals surface area (Å²) in [5, 5.41) is 12.3. The molecule has 0 radical (unpaired) electrons. The third kappa shape index (κ3) is 6.39. The summed E-state index contributed by atoms with van der Waals surface area (Å²) in [6, 6.07) is -0.337. The Bertz CT molecular complexity index is 223. The van der Waals surface area contributed by atoms with Gasteiger partial charge in [0.1, 0.15) is 6.04 Å². The second-order valence-electron chi connectivity index (χ2n) is 5.63. The maximum absolute atomic E-state index is 11.1. The molecule has 0 spiro atoms. The molecule has 1 fully saturated rings. The van der Waals surface area contributed by atoms with Gasteiger partial charge in [-0.2, -0.15) is 0 Å². The highest BCUT2D eigenvalue weighted by Gasteiger charge is 2.17. The Morgan fingerprint density at radius 3 is 2.50 bits per heavy atom. The smallest absolute Gasteiger partial charge is 0.320 e. The molecule has 106 valence electrons. The molecule has 0 amide bonds. The van der Waals surface area contributed by atoms with E-state index in [1.165, 1.54) is 38.5 Å². The maximum atomic E-state index is 11.1. The van der Waals surface area contributed by atoms with Crippen LogP contribution in [0.5, 0.6) is 0 Å². The number of nitrogens with one attached hydrogen (secondary N) is 1. The predicted molar refractivity (Wildman–Crippen MR) is 74.8 cm³/mol. The van der Waals surface area contributed by atoms with E-state index in [1.54, 1.807) is 0 Å². The van der Waals surface area contributed by atoms with Crippen molar-refractivity contribution in [3.63, 3.8) is 0 Å². The fourth-order valence-electron chi connectivity index (χ4n) is 2.84. The van der Waals surface area contributed by atoms with Gasteiger partial charge in [-0.3, -0.25) is 4.79 Å². The first-order valence-electron chi connectivity index (χ1n) is 7.70. The molecule has 2 N–H and O–H groups in total. The number of unbranched alkanes of at least 4 members (excludes halogenated alkanes) is 1. The Morgan fingerprint density at radius 1 is 1.28 bits per heavy atom. The number of rotatable bonds is 8. The lowest BCUT2D eigenvalue weighted by atomic mass is 9.96. The lowest BCUT2D eigenvalue weighted by Crippen LogP contribution is -2.37. The van der Waals surface area contributed by atoms with Crippen LogP contribution in [-0.4, -0.2) is 23.7 Å². The number of carboxylic acid groups (broad SMARTS) is 1. The summed E-state index contributed by atoms with van der Waals surface area (Å²) >= 11 is 0. The topological polar surface area (TPSA) is 49.3 Å². The normalized spacial score (nSPS) is 19.4. The van der Waals surface area contributed by atoms with Crippen LogP contribution < -0.4 is 5.32 Å². The molecule has 0 aromatic heterocycles.